The van der Waals surface area contributed by atoms with E-state index >= 15 is 0 Å². The molecule has 0 aliphatic carbocycles. The second kappa shape index (κ2) is 6.76. The smallest absolute Gasteiger partial charge is 0.231 e. The molecule has 5 heteroatoms. The predicted molar refractivity (Wildman–Crippen MR) is 68.6 cm³/mol. The predicted octanol–water partition coefficient (Wildman–Crippen LogP) is 0.685. The average molecular weight is 250 g/mol. The van der Waals surface area contributed by atoms with Gasteiger partial charge in [-0.05, 0) is 18.7 Å². The van der Waals surface area contributed by atoms with Crippen LogP contribution in [0.15, 0.2) is 24.3 Å². The number of amides is 1. The molecule has 0 saturated heterocycles. The third-order valence-electron chi connectivity index (χ3n) is 2.60. The summed E-state index contributed by atoms with van der Waals surface area (Å²) in [7, 11) is 1.52. The Hall–Kier alpha value is -1.88. The highest BCUT2D eigenvalue weighted by atomic mass is 16.5. The summed E-state index contributed by atoms with van der Waals surface area (Å²) in [5, 5.41) is 0. The number of methoxy groups -OCH3 is 1. The van der Waals surface area contributed by atoms with Crippen LogP contribution in [0.25, 0.3) is 0 Å². The summed E-state index contributed by atoms with van der Waals surface area (Å²) >= 11 is 0. The van der Waals surface area contributed by atoms with Gasteiger partial charge in [-0.15, -0.1) is 0 Å². The van der Waals surface area contributed by atoms with Gasteiger partial charge in [0.2, 0.25) is 5.91 Å². The fourth-order valence-corrected chi connectivity index (χ4v) is 1.66. The van der Waals surface area contributed by atoms with E-state index in [-0.39, 0.29) is 18.9 Å². The molecule has 2 N–H and O–H groups in total. The number of carbonyl (C=O) groups is 2. The molecule has 18 heavy (non-hydrogen) atoms. The molecule has 1 amide bonds. The highest BCUT2D eigenvalue weighted by molar-refractivity contribution is 6.00. The lowest BCUT2D eigenvalue weighted by Crippen LogP contribution is -2.37. The van der Waals surface area contributed by atoms with Crippen LogP contribution in [0.2, 0.25) is 0 Å². The summed E-state index contributed by atoms with van der Waals surface area (Å²) in [6.07, 6.45) is 0. The van der Waals surface area contributed by atoms with E-state index in [4.69, 9.17) is 10.5 Å². The maximum Gasteiger partial charge on any atom is 0.231 e. The molecule has 0 aliphatic heterocycles. The molecule has 1 aromatic rings. The van der Waals surface area contributed by atoms with E-state index in [0.717, 1.165) is 0 Å². The van der Waals surface area contributed by atoms with Crippen LogP contribution in [-0.2, 0) is 4.79 Å². The number of hydrogen-bond donors (Lipinski definition) is 1. The molecular formula is C13H18N2O3. The van der Waals surface area contributed by atoms with Gasteiger partial charge in [0.05, 0.1) is 25.8 Å². The molecule has 0 aromatic heterocycles. The molecule has 5 nitrogen and oxygen atoms in total. The summed E-state index contributed by atoms with van der Waals surface area (Å²) < 4.78 is 5.13. The van der Waals surface area contributed by atoms with E-state index in [1.54, 1.807) is 29.2 Å². The molecule has 0 fully saturated rings. The van der Waals surface area contributed by atoms with E-state index < -0.39 is 5.91 Å². The lowest BCUT2D eigenvalue weighted by atomic mass is 10.1. The van der Waals surface area contributed by atoms with Crippen molar-refractivity contribution in [1.29, 1.82) is 0 Å². The number of likely N-dealkylation sites (N-methyl/N-ethyl adjacent to an activating group) is 1. The Kier molecular flexibility index (Phi) is 5.32. The molecular weight excluding hydrogens is 232 g/mol. The average Bonchev–Trinajstić information content (AvgIpc) is 2.37. The fourth-order valence-electron chi connectivity index (χ4n) is 1.66. The van der Waals surface area contributed by atoms with Gasteiger partial charge >= 0.3 is 0 Å². The molecule has 0 atom stereocenters. The maximum absolute atomic E-state index is 12.1. The number of carbonyl (C=O) groups excluding carboxylic acids is 2. The summed E-state index contributed by atoms with van der Waals surface area (Å²) in [5.41, 5.74) is 5.64. The summed E-state index contributed by atoms with van der Waals surface area (Å²) in [4.78, 5) is 24.6. The SMILES string of the molecule is CCN(CC(N)=O)CC(=O)c1ccccc1OC. The zero-order valence-electron chi connectivity index (χ0n) is 10.7. The van der Waals surface area contributed by atoms with Crippen LogP contribution in [0, 0.1) is 0 Å². The molecule has 1 rings (SSSR count). The van der Waals surface area contributed by atoms with Crippen molar-refractivity contribution in [3.05, 3.63) is 29.8 Å². The lowest BCUT2D eigenvalue weighted by molar-refractivity contribution is -0.118. The number of benzene rings is 1. The molecule has 0 spiro atoms. The lowest BCUT2D eigenvalue weighted by Gasteiger charge is -2.18. The van der Waals surface area contributed by atoms with Crippen molar-refractivity contribution in [2.45, 2.75) is 6.92 Å². The van der Waals surface area contributed by atoms with Crippen LogP contribution in [0.3, 0.4) is 0 Å². The standard InChI is InChI=1S/C13H18N2O3/c1-3-15(9-13(14)17)8-11(16)10-6-4-5-7-12(10)18-2/h4-7H,3,8-9H2,1-2H3,(H2,14,17). The molecule has 0 bridgehead atoms. The Morgan fingerprint density at radius 2 is 1.94 bits per heavy atom. The van der Waals surface area contributed by atoms with E-state index in [1.165, 1.54) is 7.11 Å². The van der Waals surface area contributed by atoms with Gasteiger partial charge in [0.25, 0.3) is 0 Å². The first kappa shape index (κ1) is 14.2. The van der Waals surface area contributed by atoms with Crippen molar-refractivity contribution >= 4 is 11.7 Å². The van der Waals surface area contributed by atoms with E-state index in [2.05, 4.69) is 0 Å². The van der Waals surface area contributed by atoms with E-state index in [9.17, 15) is 9.59 Å². The van der Waals surface area contributed by atoms with Crippen molar-refractivity contribution in [2.75, 3.05) is 26.7 Å². The second-order valence-corrected chi connectivity index (χ2v) is 3.89. The zero-order valence-corrected chi connectivity index (χ0v) is 10.7. The van der Waals surface area contributed by atoms with Crippen molar-refractivity contribution in [1.82, 2.24) is 4.90 Å². The number of rotatable bonds is 7. The van der Waals surface area contributed by atoms with Gasteiger partial charge in [-0.25, -0.2) is 0 Å². The molecule has 98 valence electrons. The molecule has 0 unspecified atom stereocenters. The van der Waals surface area contributed by atoms with Crippen LogP contribution < -0.4 is 10.5 Å². The monoisotopic (exact) mass is 250 g/mol. The van der Waals surface area contributed by atoms with Gasteiger partial charge in [-0.3, -0.25) is 14.5 Å². The number of para-hydroxylation sites is 1. The first-order valence-electron chi connectivity index (χ1n) is 5.75. The van der Waals surface area contributed by atoms with E-state index in [1.807, 2.05) is 6.92 Å². The van der Waals surface area contributed by atoms with E-state index in [0.29, 0.717) is 17.9 Å². The fraction of sp³-hybridized carbons (Fsp3) is 0.385. The molecule has 0 aliphatic rings. The third kappa shape index (κ3) is 3.85. The van der Waals surface area contributed by atoms with Crippen molar-refractivity contribution < 1.29 is 14.3 Å². The first-order valence-corrected chi connectivity index (χ1v) is 5.75. The van der Waals surface area contributed by atoms with Gasteiger partial charge in [0.15, 0.2) is 5.78 Å². The minimum absolute atomic E-state index is 0.0807. The van der Waals surface area contributed by atoms with Gasteiger partial charge in [-0.2, -0.15) is 0 Å². The third-order valence-corrected chi connectivity index (χ3v) is 2.60. The minimum atomic E-state index is -0.440. The van der Waals surface area contributed by atoms with Gasteiger partial charge < -0.3 is 10.5 Å². The first-order chi connectivity index (χ1) is 8.58. The Labute approximate surface area is 107 Å². The maximum atomic E-state index is 12.1. The van der Waals surface area contributed by atoms with Gasteiger partial charge in [0, 0.05) is 0 Å². The number of nitrogens with zero attached hydrogens (tertiary/aromatic N) is 1. The zero-order chi connectivity index (χ0) is 13.5. The Morgan fingerprint density at radius 3 is 2.50 bits per heavy atom. The summed E-state index contributed by atoms with van der Waals surface area (Å²) in [6.45, 7) is 2.69. The summed E-state index contributed by atoms with van der Waals surface area (Å²) in [6, 6.07) is 7.02. The van der Waals surface area contributed by atoms with Crippen LogP contribution in [0.4, 0.5) is 0 Å². The summed E-state index contributed by atoms with van der Waals surface area (Å²) in [5.74, 6) is 0.0119. The van der Waals surface area contributed by atoms with Gasteiger partial charge in [0.1, 0.15) is 5.75 Å². The molecule has 1 aromatic carbocycles. The number of ether oxygens (including phenoxy) is 1. The van der Waals surface area contributed by atoms with Crippen molar-refractivity contribution in [2.24, 2.45) is 5.73 Å². The minimum Gasteiger partial charge on any atom is -0.496 e. The van der Waals surface area contributed by atoms with Crippen LogP contribution >= 0.6 is 0 Å². The van der Waals surface area contributed by atoms with Crippen molar-refractivity contribution in [3.8, 4) is 5.75 Å². The normalized spacial score (nSPS) is 10.4. The largest absolute Gasteiger partial charge is 0.496 e. The number of Topliss-reactive ketones (excluding diaryl/α,β-unsaturated/α-hetero) is 1. The highest BCUT2D eigenvalue weighted by Gasteiger charge is 2.16. The highest BCUT2D eigenvalue weighted by Crippen LogP contribution is 2.18. The molecule has 0 saturated carbocycles. The molecule has 0 radical (unpaired) electrons. The topological polar surface area (TPSA) is 72.6 Å². The van der Waals surface area contributed by atoms with Crippen molar-refractivity contribution in [3.63, 3.8) is 0 Å². The Morgan fingerprint density at radius 1 is 1.28 bits per heavy atom. The number of primary amides is 1. The Balaban J connectivity index is 2.77. The van der Waals surface area contributed by atoms with Gasteiger partial charge in [-0.1, -0.05) is 19.1 Å². The number of hydrogen-bond acceptors (Lipinski definition) is 4. The van der Waals surface area contributed by atoms with Crippen LogP contribution in [-0.4, -0.2) is 43.3 Å². The quantitative estimate of drug-likeness (QED) is 0.722. The van der Waals surface area contributed by atoms with Crippen LogP contribution in [0.5, 0.6) is 5.75 Å². The Bertz CT molecular complexity index is 432. The molecule has 0 heterocycles. The van der Waals surface area contributed by atoms with Crippen LogP contribution in [0.1, 0.15) is 17.3 Å². The second-order valence-electron chi connectivity index (χ2n) is 3.89. The number of nitrogens with two attached hydrogens (primary N) is 1. The number of ketones is 1.